The summed E-state index contributed by atoms with van der Waals surface area (Å²) >= 11 is 0. The van der Waals surface area contributed by atoms with Crippen LogP contribution in [0.2, 0.25) is 0 Å². The van der Waals surface area contributed by atoms with Gasteiger partial charge in [-0.15, -0.1) is 0 Å². The molecular formula is C16H18O3P+. The normalized spacial score (nSPS) is 10.2. The molecule has 0 aliphatic heterocycles. The Kier molecular flexibility index (Phi) is 4.41. The quantitative estimate of drug-likeness (QED) is 0.740. The van der Waals surface area contributed by atoms with E-state index in [4.69, 9.17) is 9.05 Å². The fourth-order valence-corrected chi connectivity index (χ4v) is 2.58. The molecule has 0 bridgehead atoms. The van der Waals surface area contributed by atoms with Crippen LogP contribution in [0.5, 0.6) is 11.5 Å². The van der Waals surface area contributed by atoms with Crippen molar-refractivity contribution in [2.45, 2.75) is 27.7 Å². The molecule has 104 valence electrons. The highest BCUT2D eigenvalue weighted by atomic mass is 31.1. The van der Waals surface area contributed by atoms with E-state index in [1.807, 2.05) is 52.0 Å². The summed E-state index contributed by atoms with van der Waals surface area (Å²) in [5, 5.41) is 0. The number of rotatable bonds is 4. The Labute approximate surface area is 120 Å². The molecule has 0 fully saturated rings. The molecule has 0 saturated heterocycles. The van der Waals surface area contributed by atoms with Gasteiger partial charge in [0.1, 0.15) is 0 Å². The average molecular weight is 289 g/mol. The Bertz CT molecular complexity index is 595. The lowest BCUT2D eigenvalue weighted by atomic mass is 10.1. The molecule has 0 saturated carbocycles. The Morgan fingerprint density at radius 2 is 1.15 bits per heavy atom. The smallest absolute Gasteiger partial charge is 0.222 e. The number of aryl methyl sites for hydroxylation is 2. The number of benzene rings is 2. The van der Waals surface area contributed by atoms with Gasteiger partial charge in [-0.2, -0.15) is 0 Å². The van der Waals surface area contributed by atoms with Gasteiger partial charge in [-0.05, 0) is 51.0 Å². The van der Waals surface area contributed by atoms with Crippen LogP contribution < -0.4 is 9.05 Å². The summed E-state index contributed by atoms with van der Waals surface area (Å²) in [6.07, 6.45) is 0. The highest BCUT2D eigenvalue weighted by Gasteiger charge is 2.26. The predicted octanol–water partition coefficient (Wildman–Crippen LogP) is 5.04. The van der Waals surface area contributed by atoms with Gasteiger partial charge >= 0.3 is 8.25 Å². The molecule has 0 atom stereocenters. The summed E-state index contributed by atoms with van der Waals surface area (Å²) in [5.74, 6) is 1.19. The third-order valence-corrected chi connectivity index (χ3v) is 4.15. The Morgan fingerprint density at radius 3 is 1.55 bits per heavy atom. The van der Waals surface area contributed by atoms with E-state index in [1.165, 1.54) is 0 Å². The van der Waals surface area contributed by atoms with Crippen molar-refractivity contribution in [3.05, 3.63) is 58.7 Å². The third kappa shape index (κ3) is 3.17. The van der Waals surface area contributed by atoms with Crippen LogP contribution in [0.1, 0.15) is 22.3 Å². The molecular weight excluding hydrogens is 271 g/mol. The largest absolute Gasteiger partial charge is 0.805 e. The van der Waals surface area contributed by atoms with Gasteiger partial charge in [0.15, 0.2) is 11.5 Å². The summed E-state index contributed by atoms with van der Waals surface area (Å²) < 4.78 is 22.8. The molecule has 0 amide bonds. The zero-order chi connectivity index (χ0) is 14.7. The van der Waals surface area contributed by atoms with Gasteiger partial charge in [-0.25, -0.2) is 9.05 Å². The standard InChI is InChI=1S/C16H18O3P/c1-11-7-5-9-15(13(11)3)18-20(17)19-16-10-6-8-12(2)14(16)4/h5-10H,1-4H3/q+1. The first-order valence-electron chi connectivity index (χ1n) is 6.44. The van der Waals surface area contributed by atoms with Crippen LogP contribution in [0.15, 0.2) is 36.4 Å². The molecule has 20 heavy (non-hydrogen) atoms. The maximum Gasteiger partial charge on any atom is 0.805 e. The first kappa shape index (κ1) is 14.5. The van der Waals surface area contributed by atoms with Gasteiger partial charge in [0.2, 0.25) is 0 Å². The van der Waals surface area contributed by atoms with Crippen LogP contribution in [0.3, 0.4) is 0 Å². The van der Waals surface area contributed by atoms with Crippen molar-refractivity contribution in [1.29, 1.82) is 0 Å². The molecule has 0 radical (unpaired) electrons. The van der Waals surface area contributed by atoms with Crippen molar-refractivity contribution in [1.82, 2.24) is 0 Å². The fourth-order valence-electron chi connectivity index (χ4n) is 1.83. The van der Waals surface area contributed by atoms with Gasteiger partial charge in [-0.1, -0.05) is 24.3 Å². The highest BCUT2D eigenvalue weighted by molar-refractivity contribution is 7.34. The second-order valence-electron chi connectivity index (χ2n) is 4.80. The minimum Gasteiger partial charge on any atom is -0.222 e. The fraction of sp³-hybridized carbons (Fsp3) is 0.250. The molecule has 2 rings (SSSR count). The Balaban J connectivity index is 2.13. The second-order valence-corrected chi connectivity index (χ2v) is 5.61. The van der Waals surface area contributed by atoms with E-state index in [1.54, 1.807) is 12.1 Å². The molecule has 2 aromatic rings. The first-order valence-corrected chi connectivity index (χ1v) is 7.54. The zero-order valence-electron chi connectivity index (χ0n) is 12.1. The first-order chi connectivity index (χ1) is 9.49. The summed E-state index contributed by atoms with van der Waals surface area (Å²) in [5.41, 5.74) is 4.14. The lowest BCUT2D eigenvalue weighted by Gasteiger charge is -2.03. The van der Waals surface area contributed by atoms with E-state index in [9.17, 15) is 4.57 Å². The van der Waals surface area contributed by atoms with Gasteiger partial charge < -0.3 is 0 Å². The van der Waals surface area contributed by atoms with Crippen molar-refractivity contribution < 1.29 is 13.6 Å². The van der Waals surface area contributed by atoms with Crippen LogP contribution in [-0.4, -0.2) is 0 Å². The predicted molar refractivity (Wildman–Crippen MR) is 80.7 cm³/mol. The van der Waals surface area contributed by atoms with Crippen LogP contribution in [0, 0.1) is 27.7 Å². The second kappa shape index (κ2) is 6.06. The Morgan fingerprint density at radius 1 is 0.750 bits per heavy atom. The lowest BCUT2D eigenvalue weighted by Crippen LogP contribution is -1.94. The van der Waals surface area contributed by atoms with Crippen molar-refractivity contribution in [2.75, 3.05) is 0 Å². The SMILES string of the molecule is Cc1cccc(O[P+](=O)Oc2cccc(C)c2C)c1C. The highest BCUT2D eigenvalue weighted by Crippen LogP contribution is 2.35. The summed E-state index contributed by atoms with van der Waals surface area (Å²) in [6, 6.07) is 11.3. The summed E-state index contributed by atoms with van der Waals surface area (Å²) in [4.78, 5) is 0. The van der Waals surface area contributed by atoms with Crippen molar-refractivity contribution >= 4 is 8.25 Å². The van der Waals surface area contributed by atoms with Gasteiger partial charge in [-0.3, -0.25) is 0 Å². The van der Waals surface area contributed by atoms with E-state index in [0.717, 1.165) is 22.3 Å². The summed E-state index contributed by atoms with van der Waals surface area (Å²) in [7, 11) is -2.24. The number of hydrogen-bond acceptors (Lipinski definition) is 3. The molecule has 0 spiro atoms. The average Bonchev–Trinajstić information content (AvgIpc) is 2.40. The van der Waals surface area contributed by atoms with E-state index in [-0.39, 0.29) is 0 Å². The zero-order valence-corrected chi connectivity index (χ0v) is 13.0. The van der Waals surface area contributed by atoms with Crippen molar-refractivity contribution in [2.24, 2.45) is 0 Å². The molecule has 0 heterocycles. The maximum atomic E-state index is 12.0. The maximum absolute atomic E-state index is 12.0. The van der Waals surface area contributed by atoms with E-state index >= 15 is 0 Å². The van der Waals surface area contributed by atoms with Crippen molar-refractivity contribution in [3.8, 4) is 11.5 Å². The van der Waals surface area contributed by atoms with Gasteiger partial charge in [0, 0.05) is 15.7 Å². The number of hydrogen-bond donors (Lipinski definition) is 0. The monoisotopic (exact) mass is 289 g/mol. The van der Waals surface area contributed by atoms with Crippen LogP contribution in [-0.2, 0) is 4.57 Å². The molecule has 0 aliphatic carbocycles. The molecule has 0 aromatic heterocycles. The van der Waals surface area contributed by atoms with Crippen molar-refractivity contribution in [3.63, 3.8) is 0 Å². The minimum absolute atomic E-state index is 0.594. The van der Waals surface area contributed by atoms with Gasteiger partial charge in [0.05, 0.1) is 0 Å². The third-order valence-electron chi connectivity index (χ3n) is 3.46. The van der Waals surface area contributed by atoms with E-state index < -0.39 is 8.25 Å². The van der Waals surface area contributed by atoms with E-state index in [2.05, 4.69) is 0 Å². The molecule has 2 aromatic carbocycles. The molecule has 0 unspecified atom stereocenters. The van der Waals surface area contributed by atoms with Crippen LogP contribution in [0.25, 0.3) is 0 Å². The van der Waals surface area contributed by atoms with Crippen LogP contribution >= 0.6 is 8.25 Å². The van der Waals surface area contributed by atoms with Crippen LogP contribution in [0.4, 0.5) is 0 Å². The minimum atomic E-state index is -2.24. The molecule has 0 N–H and O–H groups in total. The summed E-state index contributed by atoms with van der Waals surface area (Å²) in [6.45, 7) is 7.85. The topological polar surface area (TPSA) is 35.5 Å². The molecule has 3 nitrogen and oxygen atoms in total. The Hall–Kier alpha value is -1.86. The van der Waals surface area contributed by atoms with E-state index in [0.29, 0.717) is 11.5 Å². The lowest BCUT2D eigenvalue weighted by molar-refractivity contribution is 0.413. The molecule has 0 aliphatic rings. The van der Waals surface area contributed by atoms with Gasteiger partial charge in [0.25, 0.3) is 0 Å². The molecule has 4 heteroatoms.